The summed E-state index contributed by atoms with van der Waals surface area (Å²) in [5, 5.41) is 4.92. The average Bonchev–Trinajstić information content (AvgIpc) is 3.72. The van der Waals surface area contributed by atoms with Gasteiger partial charge in [-0.15, -0.1) is 0 Å². The summed E-state index contributed by atoms with van der Waals surface area (Å²) in [5.74, 6) is 0.867. The Kier molecular flexibility index (Phi) is 6.78. The molecule has 0 bridgehead atoms. The quantitative estimate of drug-likeness (QED) is 0.179. The number of fused-ring (bicyclic) bond motifs is 6. The van der Waals surface area contributed by atoms with Gasteiger partial charge in [0.15, 0.2) is 0 Å². The highest BCUT2D eigenvalue weighted by Gasteiger charge is 2.18. The molecule has 0 amide bonds. The van der Waals surface area contributed by atoms with Gasteiger partial charge in [-0.25, -0.2) is 4.98 Å². The average molecular weight is 653 g/mol. The maximum absolute atomic E-state index is 4.82. The molecule has 4 heteroatoms. The molecule has 10 rings (SSSR count). The van der Waals surface area contributed by atoms with Crippen LogP contribution in [0.25, 0.3) is 66.1 Å². The van der Waals surface area contributed by atoms with Gasteiger partial charge in [-0.3, -0.25) is 4.90 Å². The first-order chi connectivity index (χ1) is 25.3. The second kappa shape index (κ2) is 11.9. The van der Waals surface area contributed by atoms with Gasteiger partial charge in [-0.2, -0.15) is 0 Å². The number of pyridine rings is 1. The predicted octanol–water partition coefficient (Wildman–Crippen LogP) is 12.4. The summed E-state index contributed by atoms with van der Waals surface area (Å²) in [6.45, 7) is 0. The van der Waals surface area contributed by atoms with Crippen LogP contribution >= 0.6 is 0 Å². The van der Waals surface area contributed by atoms with E-state index < -0.39 is 0 Å². The van der Waals surface area contributed by atoms with Crippen LogP contribution in [0.1, 0.15) is 0 Å². The third-order valence-corrected chi connectivity index (χ3v) is 9.95. The lowest BCUT2D eigenvalue weighted by Crippen LogP contribution is -2.11. The van der Waals surface area contributed by atoms with Crippen LogP contribution in [-0.2, 0) is 0 Å². The van der Waals surface area contributed by atoms with Crippen molar-refractivity contribution in [2.75, 3.05) is 4.90 Å². The molecular weight excluding hydrogens is 621 g/mol. The van der Waals surface area contributed by atoms with Gasteiger partial charge in [0.2, 0.25) is 0 Å². The van der Waals surface area contributed by atoms with E-state index in [2.05, 4.69) is 190 Å². The van der Waals surface area contributed by atoms with Crippen LogP contribution in [0.5, 0.6) is 0 Å². The zero-order valence-electron chi connectivity index (χ0n) is 27.8. The third-order valence-electron chi connectivity index (χ3n) is 9.95. The van der Waals surface area contributed by atoms with E-state index in [1.165, 1.54) is 60.4 Å². The highest BCUT2D eigenvalue weighted by Crippen LogP contribution is 2.40. The lowest BCUT2D eigenvalue weighted by Gasteiger charge is -2.24. The zero-order valence-corrected chi connectivity index (χ0v) is 27.8. The Balaban J connectivity index is 1.08. The van der Waals surface area contributed by atoms with Crippen molar-refractivity contribution in [1.29, 1.82) is 0 Å². The number of benzene rings is 7. The van der Waals surface area contributed by atoms with Crippen LogP contribution < -0.4 is 4.90 Å². The monoisotopic (exact) mass is 652 g/mol. The van der Waals surface area contributed by atoms with Gasteiger partial charge in [0, 0.05) is 50.5 Å². The lowest BCUT2D eigenvalue weighted by molar-refractivity contribution is 1.17. The molecule has 0 radical (unpaired) electrons. The molecule has 0 fully saturated rings. The Labute approximate surface area is 295 Å². The Morgan fingerprint density at radius 2 is 0.843 bits per heavy atom. The molecule has 0 unspecified atom stereocenters. The maximum Gasteiger partial charge on any atom is 0.137 e. The summed E-state index contributed by atoms with van der Waals surface area (Å²) in [4.78, 5) is 7.06. The zero-order chi connectivity index (χ0) is 33.7. The van der Waals surface area contributed by atoms with E-state index in [4.69, 9.17) is 4.98 Å². The molecule has 240 valence electrons. The fourth-order valence-corrected chi connectivity index (χ4v) is 7.67. The predicted molar refractivity (Wildman–Crippen MR) is 213 cm³/mol. The molecular formula is C47H32N4. The smallest absolute Gasteiger partial charge is 0.137 e. The summed E-state index contributed by atoms with van der Waals surface area (Å²) in [6.07, 6.45) is 1.86. The summed E-state index contributed by atoms with van der Waals surface area (Å²) in [5.41, 5.74) is 11.5. The van der Waals surface area contributed by atoms with E-state index >= 15 is 0 Å². The summed E-state index contributed by atoms with van der Waals surface area (Å²) in [7, 11) is 0. The molecule has 0 atom stereocenters. The van der Waals surface area contributed by atoms with Crippen molar-refractivity contribution in [3.05, 3.63) is 194 Å². The van der Waals surface area contributed by atoms with Crippen LogP contribution in [0.4, 0.5) is 17.2 Å². The van der Waals surface area contributed by atoms with Crippen LogP contribution in [0.3, 0.4) is 0 Å². The Morgan fingerprint density at radius 3 is 1.45 bits per heavy atom. The normalized spacial score (nSPS) is 11.5. The van der Waals surface area contributed by atoms with E-state index in [0.717, 1.165) is 22.9 Å². The Morgan fingerprint density at radius 1 is 0.353 bits per heavy atom. The molecule has 0 aliphatic carbocycles. The van der Waals surface area contributed by atoms with Crippen molar-refractivity contribution in [3.8, 4) is 22.5 Å². The van der Waals surface area contributed by atoms with Crippen molar-refractivity contribution in [2.24, 2.45) is 0 Å². The minimum Gasteiger partial charge on any atom is -0.309 e. The highest BCUT2D eigenvalue weighted by molar-refractivity contribution is 6.11. The van der Waals surface area contributed by atoms with Crippen LogP contribution in [0.2, 0.25) is 0 Å². The number of anilines is 3. The molecule has 0 spiro atoms. The number of hydrogen-bond acceptors (Lipinski definition) is 2. The van der Waals surface area contributed by atoms with Crippen molar-refractivity contribution >= 4 is 60.8 Å². The SMILES string of the molecule is c1ccc(-n2c3ccccc3c3cc(-c4ccc(N(c5ccc6c(c5)c5ccccc5n6-c5ccccc5)c5ccccn5)cc4)ccc32)cc1. The molecule has 51 heavy (non-hydrogen) atoms. The molecule has 0 saturated carbocycles. The van der Waals surface area contributed by atoms with Gasteiger partial charge >= 0.3 is 0 Å². The molecule has 10 aromatic rings. The molecule has 3 aromatic heterocycles. The van der Waals surface area contributed by atoms with Crippen molar-refractivity contribution < 1.29 is 0 Å². The molecule has 0 N–H and O–H groups in total. The van der Waals surface area contributed by atoms with E-state index in [1.807, 2.05) is 18.3 Å². The molecule has 0 saturated heterocycles. The van der Waals surface area contributed by atoms with Gasteiger partial charge in [-0.1, -0.05) is 97.1 Å². The largest absolute Gasteiger partial charge is 0.309 e. The first kappa shape index (κ1) is 29.0. The second-order valence-corrected chi connectivity index (χ2v) is 12.9. The van der Waals surface area contributed by atoms with Crippen molar-refractivity contribution in [2.45, 2.75) is 0 Å². The van der Waals surface area contributed by atoms with E-state index in [1.54, 1.807) is 0 Å². The number of hydrogen-bond donors (Lipinski definition) is 0. The number of aromatic nitrogens is 3. The maximum atomic E-state index is 4.82. The molecule has 0 aliphatic rings. The van der Waals surface area contributed by atoms with Gasteiger partial charge in [0.05, 0.1) is 22.1 Å². The van der Waals surface area contributed by atoms with E-state index in [9.17, 15) is 0 Å². The Hall–Kier alpha value is -6.91. The molecule has 3 heterocycles. The third kappa shape index (κ3) is 4.80. The summed E-state index contributed by atoms with van der Waals surface area (Å²) >= 11 is 0. The molecule has 7 aromatic carbocycles. The summed E-state index contributed by atoms with van der Waals surface area (Å²) in [6, 6.07) is 67.0. The number of para-hydroxylation sites is 4. The number of rotatable bonds is 6. The first-order valence-corrected chi connectivity index (χ1v) is 17.3. The molecule has 0 aliphatic heterocycles. The summed E-state index contributed by atoms with van der Waals surface area (Å²) < 4.78 is 4.71. The van der Waals surface area contributed by atoms with Crippen LogP contribution in [0.15, 0.2) is 194 Å². The minimum absolute atomic E-state index is 0.867. The van der Waals surface area contributed by atoms with Gasteiger partial charge in [0.1, 0.15) is 5.82 Å². The molecule has 4 nitrogen and oxygen atoms in total. The van der Waals surface area contributed by atoms with Crippen molar-refractivity contribution in [3.63, 3.8) is 0 Å². The lowest BCUT2D eigenvalue weighted by atomic mass is 10.0. The van der Waals surface area contributed by atoms with E-state index in [0.29, 0.717) is 0 Å². The number of nitrogens with zero attached hydrogens (tertiary/aromatic N) is 4. The van der Waals surface area contributed by atoms with E-state index in [-0.39, 0.29) is 0 Å². The Bertz CT molecular complexity index is 2830. The first-order valence-electron chi connectivity index (χ1n) is 17.3. The van der Waals surface area contributed by atoms with Crippen LogP contribution in [-0.4, -0.2) is 14.1 Å². The topological polar surface area (TPSA) is 26.0 Å². The van der Waals surface area contributed by atoms with Crippen molar-refractivity contribution in [1.82, 2.24) is 14.1 Å². The van der Waals surface area contributed by atoms with Crippen LogP contribution in [0, 0.1) is 0 Å². The second-order valence-electron chi connectivity index (χ2n) is 12.9. The highest BCUT2D eigenvalue weighted by atomic mass is 15.2. The van der Waals surface area contributed by atoms with Gasteiger partial charge < -0.3 is 9.13 Å². The fraction of sp³-hybridized carbons (Fsp3) is 0. The minimum atomic E-state index is 0.867. The van der Waals surface area contributed by atoms with Gasteiger partial charge in [-0.05, 0) is 102 Å². The fourth-order valence-electron chi connectivity index (χ4n) is 7.67. The standard InChI is InChI=1S/C47H32N4/c1-3-13-35(14-4-1)50-43-19-9-7-17-39(43)41-31-34(24-28-45(41)50)33-22-25-37(26-23-33)49(47-21-11-12-30-48-47)38-27-29-46-42(32-38)40-18-8-10-20-44(40)51(46)36-15-5-2-6-16-36/h1-32H. The van der Waals surface area contributed by atoms with Gasteiger partial charge in [0.25, 0.3) is 0 Å².